The molecular weight excluding hydrogens is 448 g/mol. The summed E-state index contributed by atoms with van der Waals surface area (Å²) < 4.78 is 7.68. The van der Waals surface area contributed by atoms with Gasteiger partial charge >= 0.3 is 0 Å². The van der Waals surface area contributed by atoms with Gasteiger partial charge < -0.3 is 10.1 Å². The smallest absolute Gasteiger partial charge is 0.238 e. The van der Waals surface area contributed by atoms with E-state index < -0.39 is 0 Å². The number of hydrogen-bond donors (Lipinski definition) is 2. The van der Waals surface area contributed by atoms with Crippen molar-refractivity contribution in [2.45, 2.75) is 38.6 Å². The Morgan fingerprint density at radius 2 is 1.72 bits per heavy atom. The first-order valence-corrected chi connectivity index (χ1v) is 9.67. The van der Waals surface area contributed by atoms with Gasteiger partial charge in [0.05, 0.1) is 20.7 Å². The molecule has 1 aliphatic heterocycles. The number of halogens is 2. The summed E-state index contributed by atoms with van der Waals surface area (Å²) in [5, 5.41) is 6.25. The number of carbonyl (C=O) groups is 1. The van der Waals surface area contributed by atoms with E-state index >= 15 is 0 Å². The van der Waals surface area contributed by atoms with Crippen LogP contribution in [-0.4, -0.2) is 17.6 Å². The van der Waals surface area contributed by atoms with Gasteiger partial charge in [-0.15, -0.1) is 0 Å². The van der Waals surface area contributed by atoms with Gasteiger partial charge in [-0.1, -0.05) is 30.3 Å². The summed E-state index contributed by atoms with van der Waals surface area (Å²) in [7, 11) is 0. The van der Waals surface area contributed by atoms with Crippen LogP contribution in [0.3, 0.4) is 0 Å². The maximum Gasteiger partial charge on any atom is 0.238 e. The molecule has 0 aromatic heterocycles. The molecule has 1 saturated heterocycles. The maximum atomic E-state index is 12.1. The molecule has 0 unspecified atom stereocenters. The van der Waals surface area contributed by atoms with Crippen molar-refractivity contribution in [1.82, 2.24) is 10.6 Å². The Hall–Kier alpha value is -1.37. The number of ether oxygens (including phenoxy) is 1. The van der Waals surface area contributed by atoms with Gasteiger partial charge in [0.25, 0.3) is 0 Å². The fourth-order valence-electron chi connectivity index (χ4n) is 2.91. The number of hydrogen-bond acceptors (Lipinski definition) is 3. The molecule has 0 spiro atoms. The lowest BCUT2D eigenvalue weighted by Gasteiger charge is -2.18. The molecule has 0 radical (unpaired) electrons. The molecule has 0 aliphatic carbocycles. The highest BCUT2D eigenvalue weighted by molar-refractivity contribution is 9.11. The number of benzene rings is 2. The Kier molecular flexibility index (Phi) is 5.51. The van der Waals surface area contributed by atoms with Crippen molar-refractivity contribution in [2.24, 2.45) is 0 Å². The van der Waals surface area contributed by atoms with Gasteiger partial charge in [0.15, 0.2) is 0 Å². The molecule has 1 amide bonds. The predicted molar refractivity (Wildman–Crippen MR) is 105 cm³/mol. The van der Waals surface area contributed by atoms with Crippen LogP contribution in [0, 0.1) is 0 Å². The largest absolute Gasteiger partial charge is 0.487 e. The minimum atomic E-state index is -0.366. The summed E-state index contributed by atoms with van der Waals surface area (Å²) in [6.07, 6.45) is 0.616. The van der Waals surface area contributed by atoms with E-state index in [2.05, 4.69) is 42.5 Å². The summed E-state index contributed by atoms with van der Waals surface area (Å²) >= 11 is 7.16. The fraction of sp³-hybridized carbons (Fsp3) is 0.316. The van der Waals surface area contributed by atoms with Gasteiger partial charge in [-0.25, -0.2) is 0 Å². The summed E-state index contributed by atoms with van der Waals surface area (Å²) in [5.74, 6) is 0.790. The van der Waals surface area contributed by atoms with E-state index in [0.29, 0.717) is 13.0 Å². The molecule has 6 heteroatoms. The van der Waals surface area contributed by atoms with Crippen LogP contribution in [0.5, 0.6) is 5.75 Å². The first kappa shape index (κ1) is 18.4. The summed E-state index contributed by atoms with van der Waals surface area (Å²) in [6.45, 7) is 4.41. The van der Waals surface area contributed by atoms with Gasteiger partial charge in [-0.2, -0.15) is 0 Å². The molecule has 2 N–H and O–H groups in total. The lowest BCUT2D eigenvalue weighted by molar-refractivity contribution is -0.120. The third-order valence-electron chi connectivity index (χ3n) is 4.01. The molecule has 1 atom stereocenters. The minimum absolute atomic E-state index is 0.0293. The second kappa shape index (κ2) is 7.48. The zero-order valence-electron chi connectivity index (χ0n) is 14.1. The van der Waals surface area contributed by atoms with Crippen molar-refractivity contribution in [3.05, 3.63) is 62.5 Å². The Labute approximate surface area is 164 Å². The van der Waals surface area contributed by atoms with Crippen molar-refractivity contribution in [3.8, 4) is 5.75 Å². The van der Waals surface area contributed by atoms with Crippen LogP contribution in [0.25, 0.3) is 0 Å². The topological polar surface area (TPSA) is 50.4 Å². The quantitative estimate of drug-likeness (QED) is 0.694. The highest BCUT2D eigenvalue weighted by Crippen LogP contribution is 2.36. The average molecular weight is 468 g/mol. The predicted octanol–water partition coefficient (Wildman–Crippen LogP) is 4.16. The van der Waals surface area contributed by atoms with Crippen molar-refractivity contribution in [1.29, 1.82) is 0 Å². The molecule has 132 valence electrons. The van der Waals surface area contributed by atoms with Gasteiger partial charge in [0.2, 0.25) is 5.91 Å². The van der Waals surface area contributed by atoms with E-state index in [-0.39, 0.29) is 17.6 Å². The third kappa shape index (κ3) is 4.63. The van der Waals surface area contributed by atoms with Crippen molar-refractivity contribution >= 4 is 37.8 Å². The van der Waals surface area contributed by atoms with E-state index in [1.165, 1.54) is 0 Å². The van der Waals surface area contributed by atoms with Crippen LogP contribution < -0.4 is 15.4 Å². The average Bonchev–Trinajstić information content (AvgIpc) is 2.79. The molecule has 4 nitrogen and oxygen atoms in total. The number of rotatable bonds is 5. The van der Waals surface area contributed by atoms with Crippen LogP contribution >= 0.6 is 31.9 Å². The summed E-state index contributed by atoms with van der Waals surface area (Å²) in [4.78, 5) is 12.1. The van der Waals surface area contributed by atoms with Gasteiger partial charge in [0.1, 0.15) is 12.4 Å². The van der Waals surface area contributed by atoms with E-state index in [0.717, 1.165) is 25.8 Å². The van der Waals surface area contributed by atoms with Crippen LogP contribution in [0.1, 0.15) is 25.0 Å². The molecule has 0 bridgehead atoms. The highest BCUT2D eigenvalue weighted by Gasteiger charge is 2.36. The SMILES string of the molecule is CC1(C)NC(=O)[C@H](Cc2cc(Br)c(OCc3ccccc3)c(Br)c2)N1. The Balaban J connectivity index is 1.71. The Bertz CT molecular complexity index is 755. The molecule has 1 aliphatic rings. The highest BCUT2D eigenvalue weighted by atomic mass is 79.9. The summed E-state index contributed by atoms with van der Waals surface area (Å²) in [6, 6.07) is 13.8. The Morgan fingerprint density at radius 1 is 1.08 bits per heavy atom. The lowest BCUT2D eigenvalue weighted by Crippen LogP contribution is -2.44. The second-order valence-electron chi connectivity index (χ2n) is 6.68. The fourth-order valence-corrected chi connectivity index (χ4v) is 4.42. The monoisotopic (exact) mass is 466 g/mol. The zero-order valence-corrected chi connectivity index (χ0v) is 17.3. The summed E-state index contributed by atoms with van der Waals surface area (Å²) in [5.41, 5.74) is 1.80. The standard InChI is InChI=1S/C19H20Br2N2O2/c1-19(2)22-16(18(24)23-19)10-13-8-14(20)17(15(21)9-13)25-11-12-6-4-3-5-7-12/h3-9,16,22H,10-11H2,1-2H3,(H,23,24)/t16-/m0/s1. The van der Waals surface area contributed by atoms with Crippen LogP contribution in [0.2, 0.25) is 0 Å². The van der Waals surface area contributed by atoms with Crippen LogP contribution in [0.15, 0.2) is 51.4 Å². The van der Waals surface area contributed by atoms with E-state index in [1.807, 2.05) is 56.3 Å². The van der Waals surface area contributed by atoms with Gasteiger partial charge in [-0.3, -0.25) is 10.1 Å². The number of amides is 1. The number of carbonyl (C=O) groups excluding carboxylic acids is 1. The minimum Gasteiger partial charge on any atom is -0.487 e. The molecular formula is C19H20Br2N2O2. The molecule has 1 fully saturated rings. The normalized spacial score (nSPS) is 18.9. The molecule has 3 rings (SSSR count). The van der Waals surface area contributed by atoms with E-state index in [1.54, 1.807) is 0 Å². The van der Waals surface area contributed by atoms with Gasteiger partial charge in [-0.05, 0) is 75.4 Å². The Morgan fingerprint density at radius 3 is 2.28 bits per heavy atom. The third-order valence-corrected chi connectivity index (χ3v) is 5.19. The molecule has 1 heterocycles. The van der Waals surface area contributed by atoms with Crippen molar-refractivity contribution in [2.75, 3.05) is 0 Å². The van der Waals surface area contributed by atoms with Crippen LogP contribution in [0.4, 0.5) is 0 Å². The molecule has 0 saturated carbocycles. The maximum absolute atomic E-state index is 12.1. The molecule has 2 aromatic carbocycles. The first-order valence-electron chi connectivity index (χ1n) is 8.08. The zero-order chi connectivity index (χ0) is 18.0. The van der Waals surface area contributed by atoms with Crippen LogP contribution in [-0.2, 0) is 17.8 Å². The van der Waals surface area contributed by atoms with Gasteiger partial charge in [0, 0.05) is 0 Å². The van der Waals surface area contributed by atoms with Crippen molar-refractivity contribution < 1.29 is 9.53 Å². The van der Waals surface area contributed by atoms with E-state index in [4.69, 9.17) is 4.74 Å². The molecule has 25 heavy (non-hydrogen) atoms. The van der Waals surface area contributed by atoms with Crippen molar-refractivity contribution in [3.63, 3.8) is 0 Å². The number of nitrogens with one attached hydrogen (secondary N) is 2. The lowest BCUT2D eigenvalue weighted by atomic mass is 10.1. The molecule has 2 aromatic rings. The first-order chi connectivity index (χ1) is 11.8. The van der Waals surface area contributed by atoms with E-state index in [9.17, 15) is 4.79 Å². The second-order valence-corrected chi connectivity index (χ2v) is 8.39.